The maximum atomic E-state index is 16.9. The molecule has 0 saturated carbocycles. The Morgan fingerprint density at radius 3 is 2.43 bits per heavy atom. The number of aryl methyl sites for hydroxylation is 1. The molecule has 12 nitrogen and oxygen atoms in total. The van der Waals surface area contributed by atoms with Crippen LogP contribution < -0.4 is 10.2 Å². The lowest BCUT2D eigenvalue weighted by molar-refractivity contribution is 0.657. The average Bonchev–Trinajstić information content (AvgIpc) is 3.94. The number of nitrogens with zero attached hydrogens (tertiary/aromatic N) is 8. The predicted octanol–water partition coefficient (Wildman–Crippen LogP) is 11.0. The molecule has 2 aromatic carbocycles. The van der Waals surface area contributed by atoms with Crippen LogP contribution >= 0.6 is 22.7 Å². The number of pyridine rings is 2. The van der Waals surface area contributed by atoms with Gasteiger partial charge in [-0.1, -0.05) is 30.4 Å². The first-order chi connectivity index (χ1) is 32.7. The van der Waals surface area contributed by atoms with Gasteiger partial charge in [-0.3, -0.25) is 19.7 Å². The highest BCUT2D eigenvalue weighted by molar-refractivity contribution is 7.12. The van der Waals surface area contributed by atoms with Crippen molar-refractivity contribution in [3.63, 3.8) is 0 Å². The molecule has 1 atom stereocenters. The molecule has 1 unspecified atom stereocenters. The van der Waals surface area contributed by atoms with Gasteiger partial charge < -0.3 is 20.2 Å². The van der Waals surface area contributed by atoms with Crippen molar-refractivity contribution in [3.05, 3.63) is 170 Å². The Labute approximate surface area is 388 Å². The number of rotatable bonds is 8. The van der Waals surface area contributed by atoms with Crippen LogP contribution in [0.5, 0.6) is 0 Å². The molecule has 67 heavy (non-hydrogen) atoms. The topological polar surface area (TPSA) is 155 Å². The van der Waals surface area contributed by atoms with E-state index < -0.39 is 0 Å². The summed E-state index contributed by atoms with van der Waals surface area (Å²) in [5.74, 6) is 1.17. The Hall–Kier alpha value is -8.08. The largest absolute Gasteiger partial charge is 0.376 e. The number of imidazole rings is 2. The van der Waals surface area contributed by atoms with Gasteiger partial charge in [0, 0.05) is 111 Å². The summed E-state index contributed by atoms with van der Waals surface area (Å²) in [6.07, 6.45) is 17.9. The molecular weight excluding hydrogens is 883 g/mol. The average molecular weight is 919 g/mol. The summed E-state index contributed by atoms with van der Waals surface area (Å²) in [6.45, 7) is 0. The quantitative estimate of drug-likeness (QED) is 0.110. The van der Waals surface area contributed by atoms with E-state index in [0.29, 0.717) is 40.4 Å². The van der Waals surface area contributed by atoms with E-state index in [1.54, 1.807) is 18.5 Å². The van der Waals surface area contributed by atoms with Gasteiger partial charge in [0.2, 0.25) is 0 Å². The first-order valence-electron chi connectivity index (χ1n) is 21.6. The third-order valence-electron chi connectivity index (χ3n) is 12.6. The fourth-order valence-electron chi connectivity index (χ4n) is 9.19. The first kappa shape index (κ1) is 39.3. The maximum Gasteiger partial charge on any atom is 0.184 e. The van der Waals surface area contributed by atoms with Gasteiger partial charge >= 0.3 is 0 Å². The van der Waals surface area contributed by atoms with Crippen molar-refractivity contribution < 1.29 is 8.78 Å². The van der Waals surface area contributed by atoms with Crippen molar-refractivity contribution in [1.29, 1.82) is 0 Å². The summed E-state index contributed by atoms with van der Waals surface area (Å²) < 4.78 is 33.0. The molecule has 1 aliphatic heterocycles. The Kier molecular flexibility index (Phi) is 8.79. The van der Waals surface area contributed by atoms with Crippen LogP contribution in [0.3, 0.4) is 0 Å². The maximum absolute atomic E-state index is 16.9. The van der Waals surface area contributed by atoms with E-state index >= 15 is 4.39 Å². The molecule has 1 fully saturated rings. The lowest BCUT2D eigenvalue weighted by Crippen LogP contribution is -2.08. The molecule has 2 aliphatic carbocycles. The summed E-state index contributed by atoms with van der Waals surface area (Å²) in [5.41, 5.74) is 14.6. The van der Waals surface area contributed by atoms with Crippen molar-refractivity contribution in [2.45, 2.75) is 12.5 Å². The fourth-order valence-corrected chi connectivity index (χ4v) is 10.9. The highest BCUT2D eigenvalue weighted by atomic mass is 32.1. The predicted molar refractivity (Wildman–Crippen MR) is 261 cm³/mol. The van der Waals surface area contributed by atoms with Gasteiger partial charge in [0.15, 0.2) is 21.9 Å². The molecule has 8 aromatic heterocycles. The third kappa shape index (κ3) is 6.50. The van der Waals surface area contributed by atoms with E-state index in [0.717, 1.165) is 122 Å². The fraction of sp³-hybridized carbons (Fsp3) is 0.0980. The zero-order valence-corrected chi connectivity index (χ0v) is 37.6. The van der Waals surface area contributed by atoms with Gasteiger partial charge in [-0.2, -0.15) is 19.0 Å². The molecule has 326 valence electrons. The SMILES string of the molecule is CN(C)c1cncc(-c2ccc3c(c2)c(-c2nc4c([nH]2)CC=CC=C4c2cc(-c4cc(-c5cccnc5)cc5c(-c6nc7c([nH]6)C6NC6=CC=C7c6ccc(F)s6)n[nH]c45)c(F)s2)nn3C)c1. The minimum Gasteiger partial charge on any atom is -0.376 e. The summed E-state index contributed by atoms with van der Waals surface area (Å²) in [5, 5.41) is 17.6. The lowest BCUT2D eigenvalue weighted by atomic mass is 9.96. The van der Waals surface area contributed by atoms with E-state index in [2.05, 4.69) is 60.7 Å². The van der Waals surface area contributed by atoms with Gasteiger partial charge in [0.05, 0.1) is 40.0 Å². The zero-order chi connectivity index (χ0) is 45.1. The molecular formula is C51H36F2N12S2. The summed E-state index contributed by atoms with van der Waals surface area (Å²) in [7, 11) is 5.94. The van der Waals surface area contributed by atoms with Gasteiger partial charge in [-0.25, -0.2) is 9.97 Å². The van der Waals surface area contributed by atoms with Crippen LogP contribution in [0.15, 0.2) is 128 Å². The van der Waals surface area contributed by atoms with E-state index in [9.17, 15) is 4.39 Å². The second-order valence-corrected chi connectivity index (χ2v) is 19.0. The monoisotopic (exact) mass is 918 g/mol. The first-order valence-corrected chi connectivity index (χ1v) is 23.2. The van der Waals surface area contributed by atoms with Crippen LogP contribution in [-0.2, 0) is 13.5 Å². The van der Waals surface area contributed by atoms with E-state index in [-0.39, 0.29) is 16.3 Å². The van der Waals surface area contributed by atoms with Gasteiger partial charge in [-0.05, 0) is 77.9 Å². The number of nitrogens with one attached hydrogen (secondary N) is 4. The number of benzene rings is 2. The van der Waals surface area contributed by atoms with Gasteiger partial charge in [0.1, 0.15) is 17.4 Å². The number of fused-ring (bicyclic) bond motifs is 6. The number of H-pyrrole nitrogens is 3. The molecule has 0 spiro atoms. The molecule has 13 rings (SSSR count). The van der Waals surface area contributed by atoms with Crippen molar-refractivity contribution >= 4 is 61.3 Å². The third-order valence-corrected chi connectivity index (χ3v) is 14.5. The van der Waals surface area contributed by atoms with E-state index in [4.69, 9.17) is 20.2 Å². The minimum atomic E-state index is -0.347. The van der Waals surface area contributed by atoms with Gasteiger partial charge in [-0.15, -0.1) is 22.7 Å². The van der Waals surface area contributed by atoms with E-state index in [1.807, 2.05) is 97.8 Å². The molecule has 9 heterocycles. The summed E-state index contributed by atoms with van der Waals surface area (Å²) >= 11 is 2.16. The number of hydrogen-bond donors (Lipinski definition) is 4. The molecule has 4 N–H and O–H groups in total. The molecule has 16 heteroatoms. The number of hydrogen-bond acceptors (Lipinski definition) is 10. The highest BCUT2D eigenvalue weighted by Gasteiger charge is 2.38. The molecule has 1 saturated heterocycles. The van der Waals surface area contributed by atoms with Crippen molar-refractivity contribution in [3.8, 4) is 56.4 Å². The van der Waals surface area contributed by atoms with Crippen molar-refractivity contribution in [2.24, 2.45) is 7.05 Å². The number of aromatic nitrogens is 10. The standard InChI is InChI=1S/C51H36F2N12S2/c1-64(2)29-17-28(23-55-24-29)25-10-13-38-34(18-25)46(63-65(38)3)51-57-36-9-5-4-8-30(43(36)58-51)40-21-33(49(53)67-40)32-19-27(26-7-6-16-54-22-26)20-35-42(32)61-62-45(35)50-59-44-31(39-14-15-41(52)66-39)11-12-37-47(56-37)48(44)60-50/h4-8,10-24,47,56H,9H2,1-3H3,(H,57,58)(H,59,60)(H,61,62). The minimum absolute atomic E-state index is 0.0375. The van der Waals surface area contributed by atoms with Crippen LogP contribution in [0.4, 0.5) is 14.5 Å². The second kappa shape index (κ2) is 15.0. The zero-order valence-electron chi connectivity index (χ0n) is 36.0. The number of aromatic amines is 3. The number of allylic oxidation sites excluding steroid dienone is 5. The van der Waals surface area contributed by atoms with Crippen LogP contribution in [0.2, 0.25) is 0 Å². The molecule has 0 amide bonds. The Balaban J connectivity index is 0.905. The molecule has 0 bridgehead atoms. The van der Waals surface area contributed by atoms with Crippen LogP contribution in [0, 0.1) is 10.3 Å². The lowest BCUT2D eigenvalue weighted by Gasteiger charge is -2.13. The number of thiophene rings is 2. The normalized spacial score (nSPS) is 15.1. The van der Waals surface area contributed by atoms with Crippen molar-refractivity contribution in [1.82, 2.24) is 55.2 Å². The van der Waals surface area contributed by atoms with Crippen molar-refractivity contribution in [2.75, 3.05) is 19.0 Å². The second-order valence-electron chi connectivity index (χ2n) is 16.9. The van der Waals surface area contributed by atoms with Gasteiger partial charge in [0.25, 0.3) is 0 Å². The highest BCUT2D eigenvalue weighted by Crippen LogP contribution is 2.46. The Morgan fingerprint density at radius 1 is 0.731 bits per heavy atom. The summed E-state index contributed by atoms with van der Waals surface area (Å²) in [4.78, 5) is 29.9. The molecule has 10 aromatic rings. The van der Waals surface area contributed by atoms with E-state index in [1.165, 1.54) is 6.07 Å². The van der Waals surface area contributed by atoms with Crippen LogP contribution in [-0.4, -0.2) is 64.0 Å². The Bertz CT molecular complexity index is 3800. The molecule has 3 aliphatic rings. The number of halogens is 2. The smallest absolute Gasteiger partial charge is 0.184 e. The summed E-state index contributed by atoms with van der Waals surface area (Å²) in [6, 6.07) is 21.4. The Morgan fingerprint density at radius 2 is 1.58 bits per heavy atom. The van der Waals surface area contributed by atoms with Crippen LogP contribution in [0.25, 0.3) is 89.4 Å². The van der Waals surface area contributed by atoms with Crippen LogP contribution in [0.1, 0.15) is 38.6 Å². The number of anilines is 1. The molecule has 0 radical (unpaired) electrons.